The summed E-state index contributed by atoms with van der Waals surface area (Å²) in [5, 5.41) is 6.49. The summed E-state index contributed by atoms with van der Waals surface area (Å²) in [7, 11) is 5.10. The van der Waals surface area contributed by atoms with Crippen molar-refractivity contribution in [2.45, 2.75) is 77.0 Å². The molecule has 2 fully saturated rings. The molecule has 52 heavy (non-hydrogen) atoms. The number of anilines is 2. The first-order valence-corrected chi connectivity index (χ1v) is 18.7. The van der Waals surface area contributed by atoms with Gasteiger partial charge >= 0.3 is 6.01 Å². The summed E-state index contributed by atoms with van der Waals surface area (Å²) in [6, 6.07) is 9.63. The normalized spacial score (nSPS) is 18.2. The van der Waals surface area contributed by atoms with Crippen LogP contribution in [0.3, 0.4) is 0 Å². The van der Waals surface area contributed by atoms with Crippen molar-refractivity contribution in [2.24, 2.45) is 0 Å². The summed E-state index contributed by atoms with van der Waals surface area (Å²) in [6.07, 6.45) is 6.77. The number of aromatic nitrogens is 4. The summed E-state index contributed by atoms with van der Waals surface area (Å²) in [5.41, 5.74) is 5.10. The summed E-state index contributed by atoms with van der Waals surface area (Å²) >= 11 is 0. The Morgan fingerprint density at radius 2 is 1.79 bits per heavy atom. The lowest BCUT2D eigenvalue weighted by atomic mass is 9.95. The van der Waals surface area contributed by atoms with E-state index in [0.29, 0.717) is 62.1 Å². The number of benzene rings is 2. The Kier molecular flexibility index (Phi) is 9.41. The Labute approximate surface area is 304 Å². The highest BCUT2D eigenvalue weighted by molar-refractivity contribution is 5.98. The highest BCUT2D eigenvalue weighted by Crippen LogP contribution is 2.41. The molecule has 0 N–H and O–H groups in total. The van der Waals surface area contributed by atoms with Crippen molar-refractivity contribution >= 4 is 28.2 Å². The van der Waals surface area contributed by atoms with Gasteiger partial charge in [0.25, 0.3) is 5.91 Å². The topological polar surface area (TPSA) is 101 Å². The number of methoxy groups -OCH3 is 1. The van der Waals surface area contributed by atoms with E-state index in [2.05, 4.69) is 19.8 Å². The molecule has 2 aromatic heterocycles. The summed E-state index contributed by atoms with van der Waals surface area (Å²) in [5.74, 6) is 1.23. The Bertz CT molecular complexity index is 1970. The molecule has 0 aliphatic carbocycles. The van der Waals surface area contributed by atoms with Gasteiger partial charge in [-0.2, -0.15) is 15.1 Å². The van der Waals surface area contributed by atoms with Crippen LogP contribution in [0.5, 0.6) is 11.8 Å². The average Bonchev–Trinajstić information content (AvgIpc) is 3.82. The van der Waals surface area contributed by atoms with Gasteiger partial charge in [-0.25, -0.2) is 4.39 Å². The predicted octanol–water partition coefficient (Wildman–Crippen LogP) is 5.19. The highest BCUT2D eigenvalue weighted by Gasteiger charge is 2.45. The van der Waals surface area contributed by atoms with Crippen molar-refractivity contribution < 1.29 is 23.4 Å². The largest absolute Gasteiger partial charge is 0.467 e. The molecule has 8 rings (SSSR count). The van der Waals surface area contributed by atoms with E-state index in [1.165, 1.54) is 12.8 Å². The standard InChI is InChI=1S/C39H49FN8O4/c1-5-29-31(40)10-9-26-19-28(52-25-50-4)21-34(35(26)29)45-18-11-30-33(23-45)41-38(51-24-39-12-6-15-47(39)16-7-13-39)42-36(30)46-14-8-17-48-27(22-46)20-32(43-48)37(49)44(2)3/h9-10,19-21H,5-8,11-18,22-25H2,1-4H3. The molecule has 2 saturated heterocycles. The van der Waals surface area contributed by atoms with E-state index < -0.39 is 0 Å². The zero-order valence-electron chi connectivity index (χ0n) is 30.8. The first-order valence-electron chi connectivity index (χ1n) is 18.7. The second-order valence-corrected chi connectivity index (χ2v) is 14.8. The molecule has 13 heteroatoms. The number of hydrogen-bond acceptors (Lipinski definition) is 10. The number of ether oxygens (including phenoxy) is 3. The number of carbonyl (C=O) groups excluding carboxylic acids is 1. The molecular weight excluding hydrogens is 663 g/mol. The van der Waals surface area contributed by atoms with E-state index in [-0.39, 0.29) is 24.1 Å². The molecule has 0 bridgehead atoms. The van der Waals surface area contributed by atoms with E-state index in [1.807, 2.05) is 35.9 Å². The first kappa shape index (κ1) is 34.6. The molecule has 276 valence electrons. The van der Waals surface area contributed by atoms with Crippen LogP contribution >= 0.6 is 0 Å². The lowest BCUT2D eigenvalue weighted by Gasteiger charge is -2.35. The van der Waals surface area contributed by atoms with E-state index in [0.717, 1.165) is 84.7 Å². The third-order valence-corrected chi connectivity index (χ3v) is 11.4. The molecular formula is C39H49FN8O4. The van der Waals surface area contributed by atoms with Crippen LogP contribution in [-0.2, 0) is 37.2 Å². The highest BCUT2D eigenvalue weighted by atomic mass is 19.1. The van der Waals surface area contributed by atoms with Gasteiger partial charge in [0.1, 0.15) is 24.0 Å². The smallest absolute Gasteiger partial charge is 0.318 e. The third-order valence-electron chi connectivity index (χ3n) is 11.4. The van der Waals surface area contributed by atoms with Crippen LogP contribution in [0.1, 0.15) is 72.0 Å². The maximum atomic E-state index is 15.3. The van der Waals surface area contributed by atoms with Gasteiger partial charge in [-0.05, 0) is 87.2 Å². The van der Waals surface area contributed by atoms with Gasteiger partial charge < -0.3 is 28.9 Å². The fourth-order valence-corrected chi connectivity index (χ4v) is 8.83. The molecule has 0 unspecified atom stereocenters. The van der Waals surface area contributed by atoms with Gasteiger partial charge in [0, 0.05) is 63.5 Å². The Hall–Kier alpha value is -4.49. The Morgan fingerprint density at radius 1 is 0.962 bits per heavy atom. The number of aryl methyl sites for hydroxylation is 2. The maximum Gasteiger partial charge on any atom is 0.318 e. The van der Waals surface area contributed by atoms with E-state index >= 15 is 4.39 Å². The van der Waals surface area contributed by atoms with Crippen LogP contribution < -0.4 is 19.3 Å². The summed E-state index contributed by atoms with van der Waals surface area (Å²) in [6.45, 7) is 8.20. The van der Waals surface area contributed by atoms with E-state index in [1.54, 1.807) is 32.2 Å². The molecule has 1 amide bonds. The number of rotatable bonds is 10. The number of fused-ring (bicyclic) bond motifs is 4. The van der Waals surface area contributed by atoms with Crippen LogP contribution in [-0.4, -0.2) is 102 Å². The van der Waals surface area contributed by atoms with Crippen molar-refractivity contribution in [1.82, 2.24) is 29.5 Å². The second kappa shape index (κ2) is 14.1. The first-order chi connectivity index (χ1) is 25.3. The van der Waals surface area contributed by atoms with Crippen LogP contribution in [0.4, 0.5) is 15.9 Å². The van der Waals surface area contributed by atoms with Crippen molar-refractivity contribution in [2.75, 3.05) is 70.6 Å². The summed E-state index contributed by atoms with van der Waals surface area (Å²) in [4.78, 5) is 31.9. The van der Waals surface area contributed by atoms with Crippen LogP contribution in [0.2, 0.25) is 0 Å². The molecule has 0 spiro atoms. The molecule has 6 heterocycles. The molecule has 0 saturated carbocycles. The lowest BCUT2D eigenvalue weighted by Crippen LogP contribution is -2.43. The zero-order chi connectivity index (χ0) is 36.0. The number of carbonyl (C=O) groups is 1. The van der Waals surface area contributed by atoms with Crippen LogP contribution in [0, 0.1) is 5.82 Å². The van der Waals surface area contributed by atoms with Gasteiger partial charge in [0.05, 0.1) is 30.0 Å². The van der Waals surface area contributed by atoms with Crippen molar-refractivity contribution in [3.63, 3.8) is 0 Å². The fourth-order valence-electron chi connectivity index (χ4n) is 8.83. The fraction of sp³-hybridized carbons (Fsp3) is 0.538. The molecule has 4 aliphatic heterocycles. The lowest BCUT2D eigenvalue weighted by molar-refractivity contribution is 0.0512. The SMILES string of the molecule is CCc1c(F)ccc2cc(OCOC)cc(N3CCc4c(nc(OCC56CCCN5CCC6)nc4N4CCCn5nc(C(=O)N(C)C)cc5C4)C3)c12. The number of amides is 1. The third kappa shape index (κ3) is 6.31. The monoisotopic (exact) mass is 712 g/mol. The van der Waals surface area contributed by atoms with Gasteiger partial charge in [-0.3, -0.25) is 14.4 Å². The molecule has 0 radical (unpaired) electrons. The van der Waals surface area contributed by atoms with Gasteiger partial charge in [0.2, 0.25) is 0 Å². The van der Waals surface area contributed by atoms with Gasteiger partial charge in [0.15, 0.2) is 12.5 Å². The quantitative estimate of drug-likeness (QED) is 0.204. The molecule has 4 aromatic rings. The van der Waals surface area contributed by atoms with E-state index in [9.17, 15) is 4.79 Å². The zero-order valence-corrected chi connectivity index (χ0v) is 30.8. The van der Waals surface area contributed by atoms with Crippen LogP contribution in [0.25, 0.3) is 10.8 Å². The van der Waals surface area contributed by atoms with Gasteiger partial charge in [-0.1, -0.05) is 13.0 Å². The van der Waals surface area contributed by atoms with E-state index in [4.69, 9.17) is 24.2 Å². The van der Waals surface area contributed by atoms with Crippen molar-refractivity contribution in [1.29, 1.82) is 0 Å². The van der Waals surface area contributed by atoms with Crippen LogP contribution in [0.15, 0.2) is 30.3 Å². The molecule has 2 aromatic carbocycles. The Balaban J connectivity index is 1.18. The summed E-state index contributed by atoms with van der Waals surface area (Å²) < 4.78 is 35.1. The number of halogens is 1. The molecule has 0 atom stereocenters. The number of hydrogen-bond donors (Lipinski definition) is 0. The van der Waals surface area contributed by atoms with Gasteiger partial charge in [-0.15, -0.1) is 0 Å². The Morgan fingerprint density at radius 3 is 2.56 bits per heavy atom. The molecule has 4 aliphatic rings. The second-order valence-electron chi connectivity index (χ2n) is 14.8. The van der Waals surface area contributed by atoms with Crippen molar-refractivity contribution in [3.05, 3.63) is 64.4 Å². The minimum absolute atomic E-state index is 0.0537. The predicted molar refractivity (Wildman–Crippen MR) is 197 cm³/mol. The average molecular weight is 713 g/mol. The minimum atomic E-state index is -0.206. The molecule has 12 nitrogen and oxygen atoms in total. The number of nitrogens with zero attached hydrogens (tertiary/aromatic N) is 8. The van der Waals surface area contributed by atoms with Crippen molar-refractivity contribution in [3.8, 4) is 11.8 Å². The minimum Gasteiger partial charge on any atom is -0.467 e. The maximum absolute atomic E-state index is 15.3.